The van der Waals surface area contributed by atoms with Crippen molar-refractivity contribution >= 4 is 40.3 Å². The Morgan fingerprint density at radius 1 is 1.08 bits per heavy atom. The molecule has 2 aliphatic rings. The number of nitrogens with one attached hydrogen (secondary N) is 3. The van der Waals surface area contributed by atoms with Gasteiger partial charge in [-0.05, 0) is 36.1 Å². The van der Waals surface area contributed by atoms with Crippen LogP contribution in [-0.4, -0.2) is 17.0 Å². The van der Waals surface area contributed by atoms with E-state index in [0.717, 1.165) is 10.4 Å². The van der Waals surface area contributed by atoms with Crippen molar-refractivity contribution in [3.05, 3.63) is 120 Å². The number of thiophene rings is 1. The zero-order valence-corrected chi connectivity index (χ0v) is 21.7. The minimum absolute atomic E-state index is 0.0573. The molecule has 1 amide bonds. The van der Waals surface area contributed by atoms with Crippen LogP contribution >= 0.6 is 22.7 Å². The number of benzene rings is 2. The molecule has 0 aliphatic carbocycles. The molecule has 6 rings (SSSR count). The Hall–Kier alpha value is -3.63. The number of hydrazine groups is 1. The summed E-state index contributed by atoms with van der Waals surface area (Å²) in [6, 6.07) is 23.0. The second-order valence-electron chi connectivity index (χ2n) is 9.02. The van der Waals surface area contributed by atoms with E-state index in [1.807, 2.05) is 79.0 Å². The molecule has 0 saturated carbocycles. The van der Waals surface area contributed by atoms with Crippen LogP contribution < -0.4 is 31.1 Å². The van der Waals surface area contributed by atoms with Crippen LogP contribution in [0.3, 0.4) is 0 Å². The summed E-state index contributed by atoms with van der Waals surface area (Å²) < 4.78 is 2.32. The first kappa shape index (κ1) is 23.7. The third-order valence-electron chi connectivity index (χ3n) is 6.66. The molecule has 0 spiro atoms. The van der Waals surface area contributed by atoms with Crippen molar-refractivity contribution in [1.29, 1.82) is 0 Å². The van der Waals surface area contributed by atoms with Gasteiger partial charge in [-0.15, -0.1) is 11.3 Å². The number of para-hydroxylation sites is 1. The number of carbonyl (C=O) groups is 1. The second kappa shape index (κ2) is 10.0. The molecule has 37 heavy (non-hydrogen) atoms. The number of rotatable bonds is 5. The maximum absolute atomic E-state index is 13.9. The number of hydrogen-bond acceptors (Lipinski definition) is 7. The minimum Gasteiger partial charge on any atom is -0.322 e. The van der Waals surface area contributed by atoms with E-state index < -0.39 is 6.04 Å². The van der Waals surface area contributed by atoms with Gasteiger partial charge in [-0.25, -0.2) is 10.4 Å². The lowest BCUT2D eigenvalue weighted by molar-refractivity contribution is -0.113. The van der Waals surface area contributed by atoms with Gasteiger partial charge < -0.3 is 5.32 Å². The molecule has 3 atom stereocenters. The fraction of sp³-hybridized carbons (Fsp3) is 0.179. The molecular weight excluding hydrogens is 502 g/mol. The number of fused-ring (bicyclic) bond motifs is 1. The van der Waals surface area contributed by atoms with Crippen LogP contribution in [0.2, 0.25) is 0 Å². The molecule has 9 heteroatoms. The predicted octanol–water partition coefficient (Wildman–Crippen LogP) is 3.35. The van der Waals surface area contributed by atoms with Gasteiger partial charge in [0, 0.05) is 23.0 Å². The summed E-state index contributed by atoms with van der Waals surface area (Å²) >= 11 is 2.91. The smallest absolute Gasteiger partial charge is 0.270 e. The van der Waals surface area contributed by atoms with Crippen molar-refractivity contribution in [3.63, 3.8) is 0 Å². The van der Waals surface area contributed by atoms with Crippen LogP contribution in [0, 0.1) is 5.92 Å². The van der Waals surface area contributed by atoms with E-state index in [1.165, 1.54) is 22.7 Å². The normalized spacial score (nSPS) is 21.5. The highest BCUT2D eigenvalue weighted by molar-refractivity contribution is 7.10. The number of hydrogen-bond donors (Lipinski definition) is 3. The summed E-state index contributed by atoms with van der Waals surface area (Å²) in [6.07, 6.45) is 2.04. The maximum atomic E-state index is 13.9. The van der Waals surface area contributed by atoms with Crippen molar-refractivity contribution in [2.24, 2.45) is 10.9 Å². The highest BCUT2D eigenvalue weighted by atomic mass is 32.1. The van der Waals surface area contributed by atoms with E-state index in [0.29, 0.717) is 32.8 Å². The van der Waals surface area contributed by atoms with Crippen molar-refractivity contribution in [3.8, 4) is 0 Å². The number of carbonyl (C=O) groups excluding carboxylic acids is 1. The fourth-order valence-corrected chi connectivity index (χ4v) is 6.83. The molecule has 7 nitrogen and oxygen atoms in total. The molecule has 1 fully saturated rings. The molecule has 1 saturated heterocycles. The largest absolute Gasteiger partial charge is 0.322 e. The zero-order chi connectivity index (χ0) is 25.4. The standard InChI is InChI=1S/C28H25N5O2S2/c1-17-23(26(34)31-20-11-6-3-7-12-20)25(21-13-8-14-36-21)33-27(35)22(37-28(33)30-17)15-19-16-29-32-24(19)18-9-4-2-5-10-18/h2-15,19,24-25,29,32H,16H2,1H3,(H,31,34)/b22-15+. The van der Waals surface area contributed by atoms with Crippen LogP contribution in [-0.2, 0) is 4.79 Å². The lowest BCUT2D eigenvalue weighted by atomic mass is 9.95. The highest BCUT2D eigenvalue weighted by Gasteiger charge is 2.34. The SMILES string of the molecule is CC1=C(C(=O)Nc2ccccc2)C(c2cccs2)n2c(s/c(=C/C3CNNC3c3ccccc3)c2=O)=N1. The first-order chi connectivity index (χ1) is 18.1. The fourth-order valence-electron chi connectivity index (χ4n) is 4.91. The van der Waals surface area contributed by atoms with Crippen molar-refractivity contribution in [2.45, 2.75) is 19.0 Å². The van der Waals surface area contributed by atoms with Gasteiger partial charge in [0.25, 0.3) is 11.5 Å². The van der Waals surface area contributed by atoms with Crippen molar-refractivity contribution in [1.82, 2.24) is 15.4 Å². The molecule has 4 aromatic rings. The topological polar surface area (TPSA) is 87.5 Å². The Morgan fingerprint density at radius 2 is 1.84 bits per heavy atom. The average molecular weight is 528 g/mol. The number of anilines is 1. The highest BCUT2D eigenvalue weighted by Crippen LogP contribution is 2.33. The Labute approximate surface area is 221 Å². The Kier molecular flexibility index (Phi) is 6.43. The van der Waals surface area contributed by atoms with E-state index >= 15 is 0 Å². The van der Waals surface area contributed by atoms with Crippen LogP contribution in [0.4, 0.5) is 5.69 Å². The molecule has 3 N–H and O–H groups in total. The van der Waals surface area contributed by atoms with Crippen molar-refractivity contribution < 1.29 is 4.79 Å². The van der Waals surface area contributed by atoms with Gasteiger partial charge in [-0.1, -0.05) is 72.0 Å². The predicted molar refractivity (Wildman–Crippen MR) is 148 cm³/mol. The quantitative estimate of drug-likeness (QED) is 0.372. The lowest BCUT2D eigenvalue weighted by Crippen LogP contribution is -2.40. The van der Waals surface area contributed by atoms with E-state index in [1.54, 1.807) is 4.57 Å². The summed E-state index contributed by atoms with van der Waals surface area (Å²) in [6.45, 7) is 2.55. The van der Waals surface area contributed by atoms with Crippen LogP contribution in [0.25, 0.3) is 6.08 Å². The van der Waals surface area contributed by atoms with Crippen LogP contribution in [0.1, 0.15) is 29.4 Å². The Bertz CT molecular complexity index is 1640. The maximum Gasteiger partial charge on any atom is 0.270 e. The molecular formula is C28H25N5O2S2. The number of nitrogens with zero attached hydrogens (tertiary/aromatic N) is 2. The van der Waals surface area contributed by atoms with Gasteiger partial charge in [0.05, 0.1) is 21.8 Å². The Morgan fingerprint density at radius 3 is 2.57 bits per heavy atom. The summed E-state index contributed by atoms with van der Waals surface area (Å²) in [5.74, 6) is -0.167. The molecule has 2 aromatic carbocycles. The van der Waals surface area contributed by atoms with Gasteiger partial charge in [-0.3, -0.25) is 19.6 Å². The molecule has 2 aromatic heterocycles. The molecule has 4 heterocycles. The van der Waals surface area contributed by atoms with Gasteiger partial charge in [-0.2, -0.15) is 0 Å². The molecule has 3 unspecified atom stereocenters. The number of allylic oxidation sites excluding steroid dienone is 1. The molecule has 186 valence electrons. The van der Waals surface area contributed by atoms with E-state index in [4.69, 9.17) is 4.99 Å². The average Bonchev–Trinajstić information content (AvgIpc) is 3.66. The van der Waals surface area contributed by atoms with Crippen LogP contribution in [0.5, 0.6) is 0 Å². The van der Waals surface area contributed by atoms with E-state index in [-0.39, 0.29) is 23.4 Å². The first-order valence-electron chi connectivity index (χ1n) is 12.1. The zero-order valence-electron chi connectivity index (χ0n) is 20.0. The number of aromatic nitrogens is 1. The Balaban J connectivity index is 1.43. The summed E-state index contributed by atoms with van der Waals surface area (Å²) in [5, 5.41) is 4.95. The molecule has 2 aliphatic heterocycles. The van der Waals surface area contributed by atoms with Crippen molar-refractivity contribution in [2.75, 3.05) is 11.9 Å². The minimum atomic E-state index is -0.535. The monoisotopic (exact) mass is 527 g/mol. The first-order valence-corrected chi connectivity index (χ1v) is 13.8. The second-order valence-corrected chi connectivity index (χ2v) is 11.0. The van der Waals surface area contributed by atoms with Gasteiger partial charge >= 0.3 is 0 Å². The number of thiazole rings is 1. The van der Waals surface area contributed by atoms with Gasteiger partial charge in [0.2, 0.25) is 0 Å². The third kappa shape index (κ3) is 4.51. The van der Waals surface area contributed by atoms with Gasteiger partial charge in [0.15, 0.2) is 4.80 Å². The lowest BCUT2D eigenvalue weighted by Gasteiger charge is -2.24. The van der Waals surface area contributed by atoms with Crippen LogP contribution in [0.15, 0.2) is 99.2 Å². The summed E-state index contributed by atoms with van der Waals surface area (Å²) in [4.78, 5) is 33.7. The summed E-state index contributed by atoms with van der Waals surface area (Å²) in [5.41, 5.74) is 9.41. The summed E-state index contributed by atoms with van der Waals surface area (Å²) in [7, 11) is 0. The van der Waals surface area contributed by atoms with E-state index in [2.05, 4.69) is 28.3 Å². The number of amides is 1. The molecule has 0 radical (unpaired) electrons. The van der Waals surface area contributed by atoms with E-state index in [9.17, 15) is 9.59 Å². The van der Waals surface area contributed by atoms with Gasteiger partial charge in [0.1, 0.15) is 6.04 Å². The molecule has 0 bridgehead atoms. The third-order valence-corrected chi connectivity index (χ3v) is 8.58.